The monoisotopic (exact) mass is 558 g/mol. The van der Waals surface area contributed by atoms with Gasteiger partial charge in [0.1, 0.15) is 45.6 Å². The van der Waals surface area contributed by atoms with Crippen molar-refractivity contribution in [3.63, 3.8) is 0 Å². The van der Waals surface area contributed by atoms with Crippen molar-refractivity contribution < 1.29 is 36.1 Å². The lowest BCUT2D eigenvalue weighted by Gasteiger charge is -2.17. The summed E-state index contributed by atoms with van der Waals surface area (Å²) in [6.07, 6.45) is 0.102. The lowest BCUT2D eigenvalue weighted by atomic mass is 10.1. The fourth-order valence-corrected chi connectivity index (χ4v) is 5.18. The van der Waals surface area contributed by atoms with Crippen LogP contribution in [-0.4, -0.2) is 79.6 Å². The van der Waals surface area contributed by atoms with Crippen LogP contribution in [0.2, 0.25) is 5.02 Å². The van der Waals surface area contributed by atoms with Crippen molar-refractivity contribution in [3.05, 3.63) is 46.5 Å². The first-order valence-electron chi connectivity index (χ1n) is 11.6. The number of hydrogen-bond acceptors (Lipinski definition) is 9. The molecule has 2 aliphatic heterocycles. The first kappa shape index (κ1) is 26.0. The van der Waals surface area contributed by atoms with Gasteiger partial charge in [0.2, 0.25) is 0 Å². The van der Waals surface area contributed by atoms with Gasteiger partial charge in [-0.1, -0.05) is 17.7 Å². The summed E-state index contributed by atoms with van der Waals surface area (Å²) >= 11 is 6.31. The van der Waals surface area contributed by atoms with Gasteiger partial charge in [-0.2, -0.15) is 4.98 Å². The van der Waals surface area contributed by atoms with E-state index < -0.39 is 27.6 Å². The zero-order valence-corrected chi connectivity index (χ0v) is 21.3. The molecular weight excluding hydrogens is 534 g/mol. The molecule has 0 aliphatic carbocycles. The summed E-state index contributed by atoms with van der Waals surface area (Å²) in [5, 5.41) is 3.08. The van der Waals surface area contributed by atoms with Crippen LogP contribution in [0.5, 0.6) is 6.01 Å². The average molecular weight is 559 g/mol. The second-order valence-electron chi connectivity index (χ2n) is 8.93. The quantitative estimate of drug-likeness (QED) is 0.361. The normalized spacial score (nSPS) is 23.5. The number of rotatable bonds is 10. The molecule has 1 unspecified atom stereocenters. The van der Waals surface area contributed by atoms with E-state index in [1.54, 1.807) is 6.07 Å². The summed E-state index contributed by atoms with van der Waals surface area (Å²) in [7, 11) is -3.04. The highest BCUT2D eigenvalue weighted by Gasteiger charge is 2.49. The van der Waals surface area contributed by atoms with Gasteiger partial charge in [0, 0.05) is 25.0 Å². The molecule has 2 aromatic heterocycles. The summed E-state index contributed by atoms with van der Waals surface area (Å²) in [4.78, 5) is 11.7. The van der Waals surface area contributed by atoms with Crippen LogP contribution in [0.3, 0.4) is 0 Å². The van der Waals surface area contributed by atoms with Gasteiger partial charge in [0.25, 0.3) is 6.01 Å². The van der Waals surface area contributed by atoms with Crippen LogP contribution in [0.15, 0.2) is 24.3 Å². The summed E-state index contributed by atoms with van der Waals surface area (Å²) in [6, 6.07) is 5.42. The molecule has 0 radical (unpaired) electrons. The molecule has 4 atom stereocenters. The van der Waals surface area contributed by atoms with Gasteiger partial charge in [0.15, 0.2) is 11.8 Å². The third-order valence-corrected chi connectivity index (χ3v) is 7.43. The maximum Gasteiger partial charge on any atom is 0.296 e. The second-order valence-corrected chi connectivity index (χ2v) is 11.6. The molecule has 2 saturated heterocycles. The van der Waals surface area contributed by atoms with Crippen LogP contribution in [-0.2, 0) is 30.6 Å². The Morgan fingerprint density at radius 2 is 1.86 bits per heavy atom. The number of halogens is 3. The van der Waals surface area contributed by atoms with Gasteiger partial charge in [-0.15, -0.1) is 0 Å². The fourth-order valence-electron chi connectivity index (χ4n) is 4.32. The third-order valence-electron chi connectivity index (χ3n) is 6.12. The van der Waals surface area contributed by atoms with Crippen molar-refractivity contribution in [3.8, 4) is 6.01 Å². The largest absolute Gasteiger partial charge is 0.456 e. The van der Waals surface area contributed by atoms with E-state index in [2.05, 4.69) is 20.3 Å². The number of imidazole rings is 1. The number of benzene rings is 1. The SMILES string of the molecule is CS(=O)(=O)CCCO[C@@H]1COC2[C@H](Oc3nc4nc(NCc5c(F)cccc5F)c(Cl)cc4[nH]3)CO[C@@H]21. The number of nitrogens with one attached hydrogen (secondary N) is 2. The number of ether oxygens (including phenoxy) is 4. The van der Waals surface area contributed by atoms with Gasteiger partial charge in [0.05, 0.1) is 29.5 Å². The molecule has 0 bridgehead atoms. The zero-order chi connectivity index (χ0) is 26.2. The standard InChI is InChI=1S/C23H25ClF2N4O6S/c1-37(31,32)7-3-6-33-17-10-34-20-18(11-35-19(17)20)36-23-28-16-8-13(24)21(29-22(16)30-23)27-9-12-14(25)4-2-5-15(12)26/h2,4-5,8,17-20H,3,6-7,9-11H2,1H3,(H2,27,28,29,30)/t17-,18-,19-,20?/m1/s1. The number of hydrogen-bond donors (Lipinski definition) is 2. The Morgan fingerprint density at radius 1 is 1.16 bits per heavy atom. The van der Waals surface area contributed by atoms with Gasteiger partial charge >= 0.3 is 0 Å². The number of fused-ring (bicyclic) bond motifs is 2. The van der Waals surface area contributed by atoms with Crippen LogP contribution in [0.1, 0.15) is 12.0 Å². The number of anilines is 1. The van der Waals surface area contributed by atoms with E-state index in [0.717, 1.165) is 0 Å². The van der Waals surface area contributed by atoms with Crippen molar-refractivity contribution in [2.45, 2.75) is 37.4 Å². The molecule has 10 nitrogen and oxygen atoms in total. The maximum atomic E-state index is 13.9. The summed E-state index contributed by atoms with van der Waals surface area (Å²) in [6.45, 7) is 0.699. The molecular formula is C23H25ClF2N4O6S. The highest BCUT2D eigenvalue weighted by Crippen LogP contribution is 2.32. The molecule has 14 heteroatoms. The molecule has 2 N–H and O–H groups in total. The Balaban J connectivity index is 1.20. The average Bonchev–Trinajstić information content (AvgIpc) is 3.52. The van der Waals surface area contributed by atoms with Crippen molar-refractivity contribution in [2.24, 2.45) is 0 Å². The van der Waals surface area contributed by atoms with Crippen molar-refractivity contribution >= 4 is 38.4 Å². The molecule has 200 valence electrons. The molecule has 4 heterocycles. The van der Waals surface area contributed by atoms with Crippen LogP contribution in [0, 0.1) is 11.6 Å². The summed E-state index contributed by atoms with van der Waals surface area (Å²) in [5.41, 5.74) is 0.680. The molecule has 5 rings (SSSR count). The number of aromatic nitrogens is 3. The predicted molar refractivity (Wildman–Crippen MR) is 131 cm³/mol. The second kappa shape index (κ2) is 10.7. The molecule has 0 spiro atoms. The van der Waals surface area contributed by atoms with Gasteiger partial charge in [-0.3, -0.25) is 0 Å². The first-order valence-corrected chi connectivity index (χ1v) is 14.0. The highest BCUT2D eigenvalue weighted by atomic mass is 35.5. The Bertz CT molecular complexity index is 1370. The van der Waals surface area contributed by atoms with Crippen LogP contribution in [0.4, 0.5) is 14.6 Å². The van der Waals surface area contributed by atoms with Crippen LogP contribution in [0.25, 0.3) is 11.2 Å². The number of pyridine rings is 1. The minimum absolute atomic E-state index is 0.0582. The van der Waals surface area contributed by atoms with Crippen molar-refractivity contribution in [2.75, 3.05) is 37.1 Å². The van der Waals surface area contributed by atoms with Gasteiger partial charge < -0.3 is 29.2 Å². The highest BCUT2D eigenvalue weighted by molar-refractivity contribution is 7.90. The van der Waals surface area contributed by atoms with E-state index in [-0.39, 0.29) is 66.2 Å². The number of nitrogens with zero attached hydrogens (tertiary/aromatic N) is 2. The van der Waals surface area contributed by atoms with E-state index in [4.69, 9.17) is 30.5 Å². The molecule has 2 aliphatic rings. The lowest BCUT2D eigenvalue weighted by Crippen LogP contribution is -2.35. The molecule has 0 amide bonds. The van der Waals surface area contributed by atoms with Crippen molar-refractivity contribution in [1.29, 1.82) is 0 Å². The van der Waals surface area contributed by atoms with Crippen molar-refractivity contribution in [1.82, 2.24) is 15.0 Å². The summed E-state index contributed by atoms with van der Waals surface area (Å²) < 4.78 is 73.8. The Labute approximate surface area is 216 Å². The number of aromatic amines is 1. The molecule has 0 saturated carbocycles. The van der Waals surface area contributed by atoms with E-state index >= 15 is 0 Å². The van der Waals surface area contributed by atoms with E-state index in [9.17, 15) is 17.2 Å². The lowest BCUT2D eigenvalue weighted by molar-refractivity contribution is -0.0352. The molecule has 2 fully saturated rings. The summed E-state index contributed by atoms with van der Waals surface area (Å²) in [5.74, 6) is -1.07. The van der Waals surface area contributed by atoms with Gasteiger partial charge in [-0.05, 0) is 24.6 Å². The van der Waals surface area contributed by atoms with E-state index in [1.165, 1.54) is 24.5 Å². The Morgan fingerprint density at radius 3 is 2.59 bits per heavy atom. The zero-order valence-electron chi connectivity index (χ0n) is 19.7. The van der Waals surface area contributed by atoms with E-state index in [1.807, 2.05) is 0 Å². The number of H-pyrrole nitrogens is 1. The molecule has 1 aromatic carbocycles. The Hall–Kier alpha value is -2.58. The van der Waals surface area contributed by atoms with Crippen LogP contribution < -0.4 is 10.1 Å². The number of sulfone groups is 1. The van der Waals surface area contributed by atoms with E-state index in [0.29, 0.717) is 24.2 Å². The topological polar surface area (TPSA) is 125 Å². The molecule has 37 heavy (non-hydrogen) atoms. The minimum Gasteiger partial charge on any atom is -0.456 e. The molecule has 3 aromatic rings. The Kier molecular flexibility index (Phi) is 7.50. The predicted octanol–water partition coefficient (Wildman–Crippen LogP) is 2.87. The smallest absolute Gasteiger partial charge is 0.296 e. The maximum absolute atomic E-state index is 13.9. The third kappa shape index (κ3) is 5.96. The van der Waals surface area contributed by atoms with Crippen LogP contribution >= 0.6 is 11.6 Å². The minimum atomic E-state index is -3.04. The fraction of sp³-hybridized carbons (Fsp3) is 0.478. The first-order chi connectivity index (χ1) is 17.7. The van der Waals surface area contributed by atoms with Gasteiger partial charge in [-0.25, -0.2) is 22.2 Å².